The van der Waals surface area contributed by atoms with Crippen molar-refractivity contribution in [1.82, 2.24) is 19.7 Å². The number of amides is 1. The van der Waals surface area contributed by atoms with Gasteiger partial charge in [0.2, 0.25) is 5.91 Å². The van der Waals surface area contributed by atoms with E-state index >= 15 is 0 Å². The maximum atomic E-state index is 12.2. The SMILES string of the molecule is C=CCn1c(SCC(=O)Nc2ccc(Cl)cn2)nnc1-c1ccc(C(C)C)cc1. The highest BCUT2D eigenvalue weighted by Crippen LogP contribution is 2.26. The number of nitrogens with one attached hydrogen (secondary N) is 1. The molecule has 0 spiro atoms. The summed E-state index contributed by atoms with van der Waals surface area (Å²) in [5.74, 6) is 1.68. The van der Waals surface area contributed by atoms with Crippen molar-refractivity contribution in [2.75, 3.05) is 11.1 Å². The first kappa shape index (κ1) is 21.1. The molecule has 3 rings (SSSR count). The fourth-order valence-electron chi connectivity index (χ4n) is 2.68. The molecule has 0 atom stereocenters. The van der Waals surface area contributed by atoms with Gasteiger partial charge in [-0.15, -0.1) is 16.8 Å². The lowest BCUT2D eigenvalue weighted by molar-refractivity contribution is -0.113. The van der Waals surface area contributed by atoms with Gasteiger partial charge in [-0.1, -0.05) is 67.6 Å². The first-order valence-corrected chi connectivity index (χ1v) is 10.5. The second kappa shape index (κ2) is 9.71. The summed E-state index contributed by atoms with van der Waals surface area (Å²) >= 11 is 7.12. The van der Waals surface area contributed by atoms with Crippen LogP contribution in [0.3, 0.4) is 0 Å². The number of rotatable bonds is 8. The first-order chi connectivity index (χ1) is 14.0. The number of carbonyl (C=O) groups is 1. The van der Waals surface area contributed by atoms with Crippen molar-refractivity contribution in [3.63, 3.8) is 0 Å². The third-order valence-electron chi connectivity index (χ3n) is 4.19. The van der Waals surface area contributed by atoms with E-state index in [2.05, 4.69) is 53.1 Å². The van der Waals surface area contributed by atoms with Crippen molar-refractivity contribution >= 4 is 35.1 Å². The number of carbonyl (C=O) groups excluding carboxylic acids is 1. The van der Waals surface area contributed by atoms with E-state index in [1.54, 1.807) is 18.2 Å². The molecule has 0 aliphatic heterocycles. The van der Waals surface area contributed by atoms with Crippen molar-refractivity contribution in [2.24, 2.45) is 0 Å². The summed E-state index contributed by atoms with van der Waals surface area (Å²) in [6, 6.07) is 11.6. The zero-order chi connectivity index (χ0) is 20.8. The number of benzene rings is 1. The van der Waals surface area contributed by atoms with Crippen LogP contribution in [-0.2, 0) is 11.3 Å². The molecule has 0 saturated carbocycles. The number of pyridine rings is 1. The quantitative estimate of drug-likeness (QED) is 0.403. The summed E-state index contributed by atoms with van der Waals surface area (Å²) in [4.78, 5) is 16.3. The molecule has 8 heteroatoms. The van der Waals surface area contributed by atoms with E-state index in [1.807, 2.05) is 16.7 Å². The maximum Gasteiger partial charge on any atom is 0.236 e. The zero-order valence-corrected chi connectivity index (χ0v) is 17.9. The van der Waals surface area contributed by atoms with Crippen LogP contribution in [0.2, 0.25) is 5.02 Å². The van der Waals surface area contributed by atoms with E-state index in [-0.39, 0.29) is 11.7 Å². The summed E-state index contributed by atoms with van der Waals surface area (Å²) in [7, 11) is 0. The molecule has 29 heavy (non-hydrogen) atoms. The van der Waals surface area contributed by atoms with Crippen LogP contribution < -0.4 is 5.32 Å². The van der Waals surface area contributed by atoms with Gasteiger partial charge in [0.25, 0.3) is 0 Å². The maximum absolute atomic E-state index is 12.2. The van der Waals surface area contributed by atoms with Crippen LogP contribution >= 0.6 is 23.4 Å². The molecule has 2 heterocycles. The zero-order valence-electron chi connectivity index (χ0n) is 16.3. The van der Waals surface area contributed by atoms with Crippen LogP contribution in [0.4, 0.5) is 5.82 Å². The Kier molecular flexibility index (Phi) is 7.06. The molecule has 0 unspecified atom stereocenters. The van der Waals surface area contributed by atoms with Crippen LogP contribution in [0.5, 0.6) is 0 Å². The predicted octanol–water partition coefficient (Wildman–Crippen LogP) is 5.03. The van der Waals surface area contributed by atoms with E-state index in [4.69, 9.17) is 11.6 Å². The first-order valence-electron chi connectivity index (χ1n) is 9.16. The fourth-order valence-corrected chi connectivity index (χ4v) is 3.54. The van der Waals surface area contributed by atoms with Crippen molar-refractivity contribution < 1.29 is 4.79 Å². The standard InChI is InChI=1S/C21H22ClN5OS/c1-4-11-27-20(16-7-5-15(6-8-16)14(2)3)25-26-21(27)29-13-19(28)24-18-10-9-17(22)12-23-18/h4-10,12,14H,1,11,13H2,2-3H3,(H,23,24,28). The molecule has 0 aliphatic carbocycles. The fraction of sp³-hybridized carbons (Fsp3) is 0.238. The molecule has 6 nitrogen and oxygen atoms in total. The molecule has 3 aromatic rings. The minimum absolute atomic E-state index is 0.180. The molecule has 0 saturated heterocycles. The summed E-state index contributed by atoms with van der Waals surface area (Å²) in [6.45, 7) is 8.70. The summed E-state index contributed by atoms with van der Waals surface area (Å²) in [5.41, 5.74) is 2.25. The van der Waals surface area contributed by atoms with Crippen LogP contribution in [0.25, 0.3) is 11.4 Å². The Morgan fingerprint density at radius 2 is 2.00 bits per heavy atom. The number of allylic oxidation sites excluding steroid dienone is 1. The molecule has 1 amide bonds. The second-order valence-corrected chi connectivity index (χ2v) is 8.06. The van der Waals surface area contributed by atoms with Gasteiger partial charge in [0.05, 0.1) is 10.8 Å². The average molecular weight is 428 g/mol. The van der Waals surface area contributed by atoms with Crippen LogP contribution in [-0.4, -0.2) is 31.4 Å². The van der Waals surface area contributed by atoms with Crippen molar-refractivity contribution in [1.29, 1.82) is 0 Å². The van der Waals surface area contributed by atoms with Gasteiger partial charge in [-0.05, 0) is 23.6 Å². The van der Waals surface area contributed by atoms with Gasteiger partial charge in [-0.25, -0.2) is 4.98 Å². The number of thioether (sulfide) groups is 1. The van der Waals surface area contributed by atoms with E-state index in [1.165, 1.54) is 23.5 Å². The van der Waals surface area contributed by atoms with E-state index < -0.39 is 0 Å². The van der Waals surface area contributed by atoms with Gasteiger partial charge >= 0.3 is 0 Å². The molecule has 0 aliphatic rings. The smallest absolute Gasteiger partial charge is 0.236 e. The largest absolute Gasteiger partial charge is 0.310 e. The van der Waals surface area contributed by atoms with Crippen LogP contribution in [0.15, 0.2) is 60.4 Å². The molecular weight excluding hydrogens is 406 g/mol. The Labute approximate surface area is 179 Å². The number of hydrogen-bond donors (Lipinski definition) is 1. The molecule has 0 radical (unpaired) electrons. The van der Waals surface area contributed by atoms with Gasteiger partial charge in [-0.2, -0.15) is 0 Å². The third kappa shape index (κ3) is 5.46. The molecule has 2 aromatic heterocycles. The third-order valence-corrected chi connectivity index (χ3v) is 5.38. The number of anilines is 1. The molecule has 0 bridgehead atoms. The van der Waals surface area contributed by atoms with E-state index in [9.17, 15) is 4.79 Å². The summed E-state index contributed by atoms with van der Waals surface area (Å²) in [6.07, 6.45) is 3.28. The van der Waals surface area contributed by atoms with Gasteiger partial charge in [0, 0.05) is 18.3 Å². The predicted molar refractivity (Wildman–Crippen MR) is 118 cm³/mol. The lowest BCUT2D eigenvalue weighted by atomic mass is 10.0. The lowest BCUT2D eigenvalue weighted by Crippen LogP contribution is -2.15. The summed E-state index contributed by atoms with van der Waals surface area (Å²) in [5, 5.41) is 12.5. The minimum Gasteiger partial charge on any atom is -0.310 e. The van der Waals surface area contributed by atoms with E-state index in [0.29, 0.717) is 28.5 Å². The highest BCUT2D eigenvalue weighted by Gasteiger charge is 2.15. The molecule has 1 N–H and O–H groups in total. The van der Waals surface area contributed by atoms with Crippen LogP contribution in [0.1, 0.15) is 25.3 Å². The molecule has 150 valence electrons. The molecule has 0 fully saturated rings. The topological polar surface area (TPSA) is 72.7 Å². The number of nitrogens with zero attached hydrogens (tertiary/aromatic N) is 4. The molecular formula is C21H22ClN5OS. The second-order valence-electron chi connectivity index (χ2n) is 6.68. The molecule has 1 aromatic carbocycles. The number of aromatic nitrogens is 4. The monoisotopic (exact) mass is 427 g/mol. The van der Waals surface area contributed by atoms with Crippen LogP contribution in [0, 0.1) is 0 Å². The van der Waals surface area contributed by atoms with Crippen molar-refractivity contribution in [2.45, 2.75) is 31.5 Å². The van der Waals surface area contributed by atoms with Gasteiger partial charge in [-0.3, -0.25) is 9.36 Å². The van der Waals surface area contributed by atoms with E-state index in [0.717, 1.165) is 11.4 Å². The Morgan fingerprint density at radius 3 is 2.62 bits per heavy atom. The Balaban J connectivity index is 1.71. The number of halogens is 1. The van der Waals surface area contributed by atoms with Gasteiger partial charge < -0.3 is 5.32 Å². The minimum atomic E-state index is -0.180. The summed E-state index contributed by atoms with van der Waals surface area (Å²) < 4.78 is 1.95. The lowest BCUT2D eigenvalue weighted by Gasteiger charge is -2.09. The Morgan fingerprint density at radius 1 is 1.24 bits per heavy atom. The van der Waals surface area contributed by atoms with Crippen molar-refractivity contribution in [3.05, 3.63) is 65.8 Å². The Bertz CT molecular complexity index is 983. The highest BCUT2D eigenvalue weighted by atomic mass is 35.5. The van der Waals surface area contributed by atoms with Gasteiger partial charge in [0.1, 0.15) is 5.82 Å². The van der Waals surface area contributed by atoms with Gasteiger partial charge in [0.15, 0.2) is 11.0 Å². The number of hydrogen-bond acceptors (Lipinski definition) is 5. The van der Waals surface area contributed by atoms with Crippen molar-refractivity contribution in [3.8, 4) is 11.4 Å². The Hall–Kier alpha value is -2.64. The normalized spacial score (nSPS) is 10.9. The average Bonchev–Trinajstić information content (AvgIpc) is 3.11. The highest BCUT2D eigenvalue weighted by molar-refractivity contribution is 7.99.